The van der Waals surface area contributed by atoms with Gasteiger partial charge in [-0.05, 0) is 57.8 Å². The maximum Gasteiger partial charge on any atom is 0.244 e. The monoisotopic (exact) mass is 436 g/mol. The number of piperazine rings is 1. The average Bonchev–Trinajstić information content (AvgIpc) is 3.14. The van der Waals surface area contributed by atoms with Gasteiger partial charge in [-0.2, -0.15) is 4.31 Å². The van der Waals surface area contributed by atoms with Gasteiger partial charge in [-0.1, -0.05) is 24.6 Å². The molecule has 2 saturated heterocycles. The highest BCUT2D eigenvalue weighted by Crippen LogP contribution is 2.27. The van der Waals surface area contributed by atoms with E-state index in [-0.39, 0.29) is 18.5 Å². The van der Waals surface area contributed by atoms with Crippen LogP contribution < -0.4 is 5.32 Å². The summed E-state index contributed by atoms with van der Waals surface area (Å²) in [6.45, 7) is 12.7. The molecular weight excluding hydrogens is 400 g/mol. The van der Waals surface area contributed by atoms with Crippen LogP contribution in [0, 0.1) is 20.8 Å². The number of likely N-dealkylation sites (tertiary alicyclic amines) is 1. The molecule has 0 aliphatic carbocycles. The van der Waals surface area contributed by atoms with Gasteiger partial charge in [0.1, 0.15) is 0 Å². The average molecular weight is 437 g/mol. The van der Waals surface area contributed by atoms with Crippen LogP contribution in [-0.4, -0.2) is 86.8 Å². The third-order valence-electron chi connectivity index (χ3n) is 6.30. The number of rotatable bonds is 7. The third kappa shape index (κ3) is 5.04. The smallest absolute Gasteiger partial charge is 0.244 e. The highest BCUT2D eigenvalue weighted by Gasteiger charge is 2.35. The Bertz CT molecular complexity index is 842. The molecule has 30 heavy (non-hydrogen) atoms. The molecule has 3 rings (SSSR count). The van der Waals surface area contributed by atoms with Gasteiger partial charge < -0.3 is 10.2 Å². The normalized spacial score (nSPS) is 20.8. The fourth-order valence-electron chi connectivity index (χ4n) is 4.87. The second-order valence-corrected chi connectivity index (χ2v) is 10.5. The van der Waals surface area contributed by atoms with E-state index < -0.39 is 10.0 Å². The first-order chi connectivity index (χ1) is 14.2. The fourth-order valence-corrected chi connectivity index (χ4v) is 6.71. The largest absolute Gasteiger partial charge is 0.339 e. The van der Waals surface area contributed by atoms with Crippen LogP contribution in [0.3, 0.4) is 0 Å². The SMILES string of the molecule is CCN1CCC[C@H]1CN(CC(=O)N1CCNCC1)S(=O)(=O)c1c(C)cc(C)cc1C. The van der Waals surface area contributed by atoms with Crippen LogP contribution in [0.4, 0.5) is 0 Å². The summed E-state index contributed by atoms with van der Waals surface area (Å²) in [6, 6.07) is 3.97. The molecule has 1 atom stereocenters. The Kier molecular flexibility index (Phi) is 7.55. The number of nitrogens with zero attached hydrogens (tertiary/aromatic N) is 3. The van der Waals surface area contributed by atoms with E-state index in [2.05, 4.69) is 17.1 Å². The van der Waals surface area contributed by atoms with E-state index in [0.717, 1.165) is 55.7 Å². The number of nitrogens with one attached hydrogen (secondary N) is 1. The van der Waals surface area contributed by atoms with Gasteiger partial charge in [-0.3, -0.25) is 9.69 Å². The summed E-state index contributed by atoms with van der Waals surface area (Å²) >= 11 is 0. The topological polar surface area (TPSA) is 73.0 Å². The summed E-state index contributed by atoms with van der Waals surface area (Å²) in [6.07, 6.45) is 2.04. The standard InChI is InChI=1S/C22H36N4O3S/c1-5-24-10-6-7-20(24)15-26(16-21(27)25-11-8-23-9-12-25)30(28,29)22-18(3)13-17(2)14-19(22)4/h13-14,20,23H,5-12,15-16H2,1-4H3/t20-/m0/s1. The molecule has 0 aromatic heterocycles. The summed E-state index contributed by atoms with van der Waals surface area (Å²) in [5, 5.41) is 3.24. The lowest BCUT2D eigenvalue weighted by Gasteiger charge is -2.33. The summed E-state index contributed by atoms with van der Waals surface area (Å²) in [5.74, 6) is -0.108. The molecule has 168 valence electrons. The van der Waals surface area contributed by atoms with E-state index >= 15 is 0 Å². The minimum absolute atomic E-state index is 0.0941. The van der Waals surface area contributed by atoms with Crippen molar-refractivity contribution >= 4 is 15.9 Å². The zero-order chi connectivity index (χ0) is 21.9. The Morgan fingerprint density at radius 1 is 1.13 bits per heavy atom. The molecule has 0 saturated carbocycles. The quantitative estimate of drug-likeness (QED) is 0.702. The predicted molar refractivity (Wildman–Crippen MR) is 119 cm³/mol. The Labute approximate surface area is 181 Å². The van der Waals surface area contributed by atoms with Crippen molar-refractivity contribution in [3.63, 3.8) is 0 Å². The minimum atomic E-state index is -3.79. The second-order valence-electron chi connectivity index (χ2n) is 8.58. The maximum absolute atomic E-state index is 13.8. The van der Waals surface area contributed by atoms with Gasteiger partial charge in [0.2, 0.25) is 15.9 Å². The van der Waals surface area contributed by atoms with E-state index in [9.17, 15) is 13.2 Å². The van der Waals surface area contributed by atoms with Crippen molar-refractivity contribution in [3.05, 3.63) is 28.8 Å². The van der Waals surface area contributed by atoms with Crippen molar-refractivity contribution in [1.29, 1.82) is 0 Å². The predicted octanol–water partition coefficient (Wildman–Crippen LogP) is 1.52. The van der Waals surface area contributed by atoms with Crippen molar-refractivity contribution in [1.82, 2.24) is 19.4 Å². The van der Waals surface area contributed by atoms with Gasteiger partial charge in [-0.25, -0.2) is 8.42 Å². The second kappa shape index (κ2) is 9.77. The molecule has 1 aromatic rings. The lowest BCUT2D eigenvalue weighted by Crippen LogP contribution is -2.52. The van der Waals surface area contributed by atoms with Gasteiger partial charge in [0.05, 0.1) is 11.4 Å². The van der Waals surface area contributed by atoms with Gasteiger partial charge in [0.25, 0.3) is 0 Å². The molecule has 0 unspecified atom stereocenters. The summed E-state index contributed by atoms with van der Waals surface area (Å²) in [7, 11) is -3.79. The van der Waals surface area contributed by atoms with Crippen molar-refractivity contribution in [2.24, 2.45) is 0 Å². The summed E-state index contributed by atoms with van der Waals surface area (Å²) in [5.41, 5.74) is 2.53. The van der Waals surface area contributed by atoms with Gasteiger partial charge in [-0.15, -0.1) is 0 Å². The number of sulfonamides is 1. The van der Waals surface area contributed by atoms with Crippen LogP contribution in [0.25, 0.3) is 0 Å². The van der Waals surface area contributed by atoms with E-state index in [4.69, 9.17) is 0 Å². The number of likely N-dealkylation sites (N-methyl/N-ethyl adjacent to an activating group) is 1. The molecule has 2 heterocycles. The first-order valence-electron chi connectivity index (χ1n) is 11.0. The lowest BCUT2D eigenvalue weighted by molar-refractivity contribution is -0.132. The minimum Gasteiger partial charge on any atom is -0.339 e. The highest BCUT2D eigenvalue weighted by atomic mass is 32.2. The van der Waals surface area contributed by atoms with Crippen LogP contribution in [0.15, 0.2) is 17.0 Å². The molecule has 2 aliphatic heterocycles. The number of carbonyl (C=O) groups excluding carboxylic acids is 1. The molecular formula is C22H36N4O3S. The van der Waals surface area contributed by atoms with Gasteiger partial charge >= 0.3 is 0 Å². The number of aryl methyl sites for hydroxylation is 3. The number of hydrogen-bond acceptors (Lipinski definition) is 5. The number of amides is 1. The van der Waals surface area contributed by atoms with Crippen molar-refractivity contribution in [2.45, 2.75) is 51.5 Å². The fraction of sp³-hybridized carbons (Fsp3) is 0.682. The maximum atomic E-state index is 13.8. The number of hydrogen-bond donors (Lipinski definition) is 1. The Hall–Kier alpha value is -1.48. The molecule has 2 fully saturated rings. The zero-order valence-corrected chi connectivity index (χ0v) is 19.6. The number of carbonyl (C=O) groups is 1. The third-order valence-corrected chi connectivity index (χ3v) is 8.42. The first-order valence-corrected chi connectivity index (χ1v) is 12.5. The van der Waals surface area contributed by atoms with Crippen LogP contribution in [0.1, 0.15) is 36.5 Å². The summed E-state index contributed by atoms with van der Waals surface area (Å²) < 4.78 is 29.1. The molecule has 0 bridgehead atoms. The van der Waals surface area contributed by atoms with E-state index in [1.165, 1.54) is 4.31 Å². The van der Waals surface area contributed by atoms with Crippen molar-refractivity contribution in [3.8, 4) is 0 Å². The molecule has 1 amide bonds. The van der Waals surface area contributed by atoms with E-state index in [1.54, 1.807) is 4.90 Å². The molecule has 0 radical (unpaired) electrons. The molecule has 2 aliphatic rings. The zero-order valence-electron chi connectivity index (χ0n) is 18.8. The molecule has 7 nitrogen and oxygen atoms in total. The van der Waals surface area contributed by atoms with Crippen LogP contribution in [0.2, 0.25) is 0 Å². The lowest BCUT2D eigenvalue weighted by atomic mass is 10.1. The van der Waals surface area contributed by atoms with Crippen LogP contribution >= 0.6 is 0 Å². The highest BCUT2D eigenvalue weighted by molar-refractivity contribution is 7.89. The molecule has 8 heteroatoms. The molecule has 0 spiro atoms. The molecule has 1 aromatic carbocycles. The van der Waals surface area contributed by atoms with Gasteiger partial charge in [0, 0.05) is 38.8 Å². The van der Waals surface area contributed by atoms with Crippen LogP contribution in [-0.2, 0) is 14.8 Å². The number of benzene rings is 1. The van der Waals surface area contributed by atoms with E-state index in [1.807, 2.05) is 32.9 Å². The Balaban J connectivity index is 1.92. The van der Waals surface area contributed by atoms with Crippen molar-refractivity contribution in [2.75, 3.05) is 52.4 Å². The molecule has 1 N–H and O–H groups in total. The van der Waals surface area contributed by atoms with Crippen LogP contribution in [0.5, 0.6) is 0 Å². The Morgan fingerprint density at radius 2 is 1.77 bits per heavy atom. The van der Waals surface area contributed by atoms with E-state index in [0.29, 0.717) is 24.5 Å². The van der Waals surface area contributed by atoms with Crippen molar-refractivity contribution < 1.29 is 13.2 Å². The first kappa shape index (κ1) is 23.2. The summed E-state index contributed by atoms with van der Waals surface area (Å²) in [4.78, 5) is 17.5. The Morgan fingerprint density at radius 3 is 2.37 bits per heavy atom. The van der Waals surface area contributed by atoms with Gasteiger partial charge in [0.15, 0.2) is 0 Å².